The second-order valence-corrected chi connectivity index (χ2v) is 38.6. The number of rotatable bonds is 25. The number of nitrogens with zero attached hydrogens (tertiary/aromatic N) is 25. The van der Waals surface area contributed by atoms with Gasteiger partial charge in [-0.3, -0.25) is 23.5 Å². The van der Waals surface area contributed by atoms with Crippen molar-refractivity contribution in [3.63, 3.8) is 0 Å². The number of Topliss-reactive ketones (excluding diaryl/α,β-unsaturated/α-hetero) is 1. The molecule has 0 atom stereocenters. The van der Waals surface area contributed by atoms with Crippen LogP contribution in [0, 0.1) is 13.8 Å². The SMILES string of the molecule is CC(=O)c1cc2cnc(Nc3ccc(N4CCOCC4)cn3)nc2c2c1cnn2C(C)C.CCN1CCN(c2ccc(Nc3ncc4cc(-c5cc(OC)cc(OC)c5)c5cnn(C(C)C)c5c4n3)nc2)CC1.COc1cc(C)cc(-c2cc3cnc(Nc4ccc(N5CCNCC5)cn4)nc3c3c2cnn3C(C)C)c1.COc1cc(C)cc(-c2cc3cnc(Nc4ccc(N5CCOCC5)cn4)nc3c3c2cnn3C(C)C)c1.Cl. The predicted octanol–water partition coefficient (Wildman–Crippen LogP) is 20.3. The first-order chi connectivity index (χ1) is 72.5. The molecule has 19 aromatic rings. The van der Waals surface area contributed by atoms with Crippen molar-refractivity contribution in [2.75, 3.05) is 181 Å². The largest absolute Gasteiger partial charge is 0.497 e. The lowest BCUT2D eigenvalue weighted by molar-refractivity contribution is 0.101. The third-order valence-electron chi connectivity index (χ3n) is 27.3. The van der Waals surface area contributed by atoms with Gasteiger partial charge in [-0.15, -0.1) is 12.4 Å². The Morgan fingerprint density at radius 2 is 0.640 bits per heavy atom. The second-order valence-electron chi connectivity index (χ2n) is 38.6. The average molecular weight is 2040 g/mol. The maximum Gasteiger partial charge on any atom is 0.228 e. The quantitative estimate of drug-likeness (QED) is 0.0332. The number of pyridine rings is 4. The Kier molecular flexibility index (Phi) is 30.9. The van der Waals surface area contributed by atoms with Crippen LogP contribution in [-0.2, 0) is 9.47 Å². The van der Waals surface area contributed by atoms with E-state index in [9.17, 15) is 4.79 Å². The summed E-state index contributed by atoms with van der Waals surface area (Å²) in [6.45, 7) is 40.5. The lowest BCUT2D eigenvalue weighted by atomic mass is 9.98. The molecule has 4 aliphatic heterocycles. The summed E-state index contributed by atoms with van der Waals surface area (Å²) in [7, 11) is 6.70. The Morgan fingerprint density at radius 3 is 0.940 bits per heavy atom. The maximum atomic E-state index is 12.2. The molecule has 0 bridgehead atoms. The van der Waals surface area contributed by atoms with Crippen LogP contribution in [0.4, 0.5) is 69.8 Å². The molecule has 4 saturated heterocycles. The molecule has 4 fully saturated rings. The minimum atomic E-state index is -0.00744. The number of nitrogens with one attached hydrogen (secondary N) is 5. The van der Waals surface area contributed by atoms with E-state index in [1.54, 1.807) is 47.8 Å². The van der Waals surface area contributed by atoms with Crippen molar-refractivity contribution in [1.29, 1.82) is 0 Å². The summed E-state index contributed by atoms with van der Waals surface area (Å²) in [6.07, 6.45) is 22.4. The van der Waals surface area contributed by atoms with E-state index < -0.39 is 0 Å². The number of ketones is 1. The number of anilines is 12. The zero-order chi connectivity index (χ0) is 103. The van der Waals surface area contributed by atoms with E-state index in [0.29, 0.717) is 52.6 Å². The number of methoxy groups -OCH3 is 4. The predicted molar refractivity (Wildman–Crippen MR) is 598 cm³/mol. The fraction of sp³-hybridized carbons (Fsp3) is 0.330. The van der Waals surface area contributed by atoms with Crippen molar-refractivity contribution in [3.8, 4) is 56.4 Å². The van der Waals surface area contributed by atoms with Crippen LogP contribution in [0.25, 0.3) is 121 Å². The van der Waals surface area contributed by atoms with E-state index in [-0.39, 0.29) is 42.4 Å². The van der Waals surface area contributed by atoms with Crippen LogP contribution in [0.2, 0.25) is 0 Å². The van der Waals surface area contributed by atoms with Crippen LogP contribution < -0.4 is 65.1 Å². The molecule has 16 heterocycles. The first-order valence-electron chi connectivity index (χ1n) is 50.7. The lowest BCUT2D eigenvalue weighted by Gasteiger charge is -2.35. The fourth-order valence-electron chi connectivity index (χ4n) is 19.6. The van der Waals surface area contributed by atoms with Crippen molar-refractivity contribution in [2.45, 2.75) is 107 Å². The van der Waals surface area contributed by atoms with Crippen molar-refractivity contribution in [3.05, 3.63) is 218 Å². The summed E-state index contributed by atoms with van der Waals surface area (Å²) in [6, 6.07) is 43.4. The summed E-state index contributed by atoms with van der Waals surface area (Å²) in [5.41, 5.74) is 20.6. The number of halogens is 1. The molecule has 5 N–H and O–H groups in total. The minimum Gasteiger partial charge on any atom is -0.497 e. The van der Waals surface area contributed by atoms with Gasteiger partial charge in [0.25, 0.3) is 0 Å². The van der Waals surface area contributed by atoms with E-state index in [4.69, 9.17) is 63.7 Å². The zero-order valence-electron chi connectivity index (χ0n) is 87.3. The Balaban J connectivity index is 0.000000126. The molecule has 0 aliphatic carbocycles. The Bertz CT molecular complexity index is 7790. The smallest absolute Gasteiger partial charge is 0.228 e. The van der Waals surface area contributed by atoms with Crippen molar-refractivity contribution >= 4 is 175 Å². The summed E-state index contributed by atoms with van der Waals surface area (Å²) >= 11 is 0. The van der Waals surface area contributed by atoms with Gasteiger partial charge in [0.15, 0.2) is 5.78 Å². The molecular formula is C112H125ClN30O7. The van der Waals surface area contributed by atoms with E-state index >= 15 is 0 Å². The van der Waals surface area contributed by atoms with Gasteiger partial charge in [-0.1, -0.05) is 19.1 Å². The van der Waals surface area contributed by atoms with Crippen LogP contribution in [0.5, 0.6) is 23.0 Å². The van der Waals surface area contributed by atoms with Crippen molar-refractivity contribution in [2.24, 2.45) is 0 Å². The van der Waals surface area contributed by atoms with Gasteiger partial charge in [-0.2, -0.15) is 20.4 Å². The maximum absolute atomic E-state index is 12.2. The van der Waals surface area contributed by atoms with Crippen LogP contribution in [0.15, 0.2) is 202 Å². The molecule has 0 amide bonds. The normalized spacial score (nSPS) is 14.1. The van der Waals surface area contributed by atoms with Crippen molar-refractivity contribution < 1.29 is 33.2 Å². The molecule has 150 heavy (non-hydrogen) atoms. The number of ether oxygens (including phenoxy) is 6. The minimum absolute atomic E-state index is 0. The first kappa shape index (κ1) is 102. The second kappa shape index (κ2) is 45.2. The molecule has 7 aromatic carbocycles. The Labute approximate surface area is 875 Å². The fourth-order valence-corrected chi connectivity index (χ4v) is 19.6. The van der Waals surface area contributed by atoms with Crippen LogP contribution >= 0.6 is 12.4 Å². The van der Waals surface area contributed by atoms with Gasteiger partial charge in [-0.25, -0.2) is 59.8 Å². The van der Waals surface area contributed by atoms with Crippen LogP contribution in [0.1, 0.15) is 115 Å². The molecule has 37 nitrogen and oxygen atoms in total. The number of hydrogen-bond acceptors (Lipinski definition) is 33. The Morgan fingerprint density at radius 1 is 0.347 bits per heavy atom. The van der Waals surface area contributed by atoms with E-state index in [1.165, 1.54) is 0 Å². The highest BCUT2D eigenvalue weighted by atomic mass is 35.5. The van der Waals surface area contributed by atoms with Gasteiger partial charge in [0.2, 0.25) is 23.8 Å². The molecular weight excluding hydrogens is 1910 g/mol. The molecule has 4 aliphatic rings. The van der Waals surface area contributed by atoms with Gasteiger partial charge in [0.05, 0.1) is 149 Å². The van der Waals surface area contributed by atoms with Gasteiger partial charge in [0.1, 0.15) is 68.3 Å². The number of hydrogen-bond donors (Lipinski definition) is 5. The number of morpholine rings is 2. The van der Waals surface area contributed by atoms with Crippen LogP contribution in [-0.4, -0.2) is 250 Å². The number of fused-ring (bicyclic) bond motifs is 12. The number of aryl methyl sites for hydroxylation is 2. The molecule has 0 saturated carbocycles. The highest BCUT2D eigenvalue weighted by Crippen LogP contribution is 2.44. The zero-order valence-corrected chi connectivity index (χ0v) is 88.1. The topological polar surface area (TPSA) is 375 Å². The first-order valence-corrected chi connectivity index (χ1v) is 50.7. The van der Waals surface area contributed by atoms with E-state index in [0.717, 1.165) is 289 Å². The third kappa shape index (κ3) is 22.0. The highest BCUT2D eigenvalue weighted by Gasteiger charge is 2.28. The molecule has 0 spiro atoms. The van der Waals surface area contributed by atoms with Gasteiger partial charge in [0, 0.05) is 182 Å². The number of likely N-dealkylation sites (N-methyl/N-ethyl adjacent to an activating group) is 1. The monoisotopic (exact) mass is 2040 g/mol. The van der Waals surface area contributed by atoms with E-state index in [2.05, 4.69) is 233 Å². The van der Waals surface area contributed by atoms with Gasteiger partial charge < -0.3 is 79.5 Å². The molecule has 0 unspecified atom stereocenters. The summed E-state index contributed by atoms with van der Waals surface area (Å²) < 4.78 is 41.0. The molecule has 23 rings (SSSR count). The average Bonchev–Trinajstić information content (AvgIpc) is 1.55. The standard InChI is InChI=1S/C31H36N8O2.C29H32N8O.C29H31N7O2.C23H25N7O2.ClH/c1-6-37-9-11-38(12-10-37)23-7-8-28(32-18-23)35-31-33-17-22-15-26(21-13-24(40-4)16-25(14-21)41-5)27-19-34-39(20(2)3)30(27)29(22)36-31;1-18(2)37-28-25(17-33-37)24(20-11-19(3)12-23(13-20)38-4)14-21-15-32-29(35-27(21)28)34-26-6-5-22(16-31-26)36-9-7-30-8-10-36;1-18(2)36-28-25(17-32-36)24(20-11-19(3)12-23(13-20)37-4)14-21-15-31-29(34-27(21)28)33-26-6-5-22(16-30-26)35-7-9-38-10-8-35;1-14(2)30-22-19(13-26-30)18(15(3)31)10-16-11-25-23(28-21(16)22)27-20-5-4-17(12-24-20)29-6-8-32-9-7-29;/h7-8,13-20H,6,9-12H2,1-5H3,(H,32,33,35,36);5-6,11-18,30H,7-10H2,1-4H3,(H,31,32,34,35);5-6,11-18H,7-10H2,1-4H3,(H,30,31,33,34);4-5,10-14H,6-9H2,1-3H3,(H,24,25,27,28);1H. The third-order valence-corrected chi connectivity index (χ3v) is 27.3. The molecule has 0 radical (unpaired) electrons. The van der Waals surface area contributed by atoms with E-state index in [1.807, 2.05) is 147 Å². The number of carbonyl (C=O) groups is 1. The van der Waals surface area contributed by atoms with Crippen molar-refractivity contribution in [1.82, 2.24) is 109 Å². The summed E-state index contributed by atoms with van der Waals surface area (Å²) in [5.74, 6) is 7.79. The lowest BCUT2D eigenvalue weighted by Crippen LogP contribution is -2.46. The summed E-state index contributed by atoms with van der Waals surface area (Å²) in [4.78, 5) is 80.3. The number of aromatic nitrogens is 20. The highest BCUT2D eigenvalue weighted by molar-refractivity contribution is 6.16. The molecule has 12 aromatic heterocycles. The summed E-state index contributed by atoms with van der Waals surface area (Å²) in [5, 5.41) is 42.7. The molecule has 38 heteroatoms. The number of benzene rings is 7. The molecule has 772 valence electrons. The van der Waals surface area contributed by atoms with Gasteiger partial charge >= 0.3 is 0 Å². The van der Waals surface area contributed by atoms with Crippen LogP contribution in [0.3, 0.4) is 0 Å². The Hall–Kier alpha value is -16.2. The van der Waals surface area contributed by atoms with Gasteiger partial charge in [-0.05, 0) is 236 Å². The number of piperazine rings is 2. The number of carbonyl (C=O) groups excluding carboxylic acids is 1.